The van der Waals surface area contributed by atoms with Gasteiger partial charge in [-0.2, -0.15) is 13.2 Å². The number of aromatic nitrogens is 1. The number of piperidine rings is 1. The molecule has 3 aliphatic rings. The maximum atomic E-state index is 14.2. The van der Waals surface area contributed by atoms with Gasteiger partial charge in [0, 0.05) is 23.0 Å². The molecule has 1 aromatic carbocycles. The molecule has 2 N–H and O–H groups in total. The molecule has 1 aromatic heterocycles. The van der Waals surface area contributed by atoms with Crippen LogP contribution in [0.4, 0.5) is 13.2 Å². The monoisotopic (exact) mass is 468 g/mol. The molecule has 2 bridgehead atoms. The van der Waals surface area contributed by atoms with Gasteiger partial charge in [-0.3, -0.25) is 4.99 Å². The Hall–Kier alpha value is -2.67. The maximum Gasteiger partial charge on any atom is 0.418 e. The molecule has 1 aliphatic carbocycles. The van der Waals surface area contributed by atoms with Gasteiger partial charge in [-0.1, -0.05) is 26.0 Å². The number of aromatic amines is 1. The first kappa shape index (κ1) is 23.1. The molecule has 5 rings (SSSR count). The summed E-state index contributed by atoms with van der Waals surface area (Å²) in [6.07, 6.45) is 3.85. The molecule has 1 unspecified atom stereocenters. The SMILES string of the molecule is CC(C)c1c(C2=C/CCC3CC(=NC=N3)/C(C(F)(F)F)=C\2)[nH]c2ccc(C3CCNCC3)cc12. The second-order valence-electron chi connectivity index (χ2n) is 9.89. The number of H-pyrrole nitrogens is 1. The first-order valence-corrected chi connectivity index (χ1v) is 12.3. The molecule has 2 aliphatic heterocycles. The van der Waals surface area contributed by atoms with Gasteiger partial charge >= 0.3 is 6.18 Å². The number of fused-ring (bicyclic) bond motifs is 3. The van der Waals surface area contributed by atoms with E-state index < -0.39 is 11.7 Å². The van der Waals surface area contributed by atoms with E-state index in [0.717, 1.165) is 48.1 Å². The predicted octanol–water partition coefficient (Wildman–Crippen LogP) is 6.67. The second-order valence-corrected chi connectivity index (χ2v) is 9.89. The fraction of sp³-hybridized carbons (Fsp3) is 0.481. The van der Waals surface area contributed by atoms with Crippen LogP contribution in [0.5, 0.6) is 0 Å². The van der Waals surface area contributed by atoms with Crippen molar-refractivity contribution in [3.05, 3.63) is 52.7 Å². The van der Waals surface area contributed by atoms with Crippen LogP contribution >= 0.6 is 0 Å². The van der Waals surface area contributed by atoms with Gasteiger partial charge in [-0.25, -0.2) is 4.99 Å². The quantitative estimate of drug-likeness (QED) is 0.520. The standard InChI is InChI=1S/C27H31F3N4/c1-16(2)25-21-12-18(17-8-10-31-11-9-17)6-7-23(21)34-26(25)19-4-3-5-20-14-24(33-15-32-20)22(13-19)27(28,29)30/h4,6-7,12-13,15-17,20,31,34H,3,5,8-11,14H2,1-2H3/b19-4+,22-13+. The Kier molecular flexibility index (Phi) is 6.23. The van der Waals surface area contributed by atoms with E-state index in [4.69, 9.17) is 0 Å². The molecule has 34 heavy (non-hydrogen) atoms. The molecule has 0 amide bonds. The van der Waals surface area contributed by atoms with Gasteiger partial charge in [0.05, 0.1) is 17.3 Å². The lowest BCUT2D eigenvalue weighted by Gasteiger charge is -2.23. The van der Waals surface area contributed by atoms with Crippen LogP contribution in [0.2, 0.25) is 0 Å². The van der Waals surface area contributed by atoms with Gasteiger partial charge in [-0.15, -0.1) is 0 Å². The molecule has 2 aromatic rings. The molecule has 4 nitrogen and oxygen atoms in total. The summed E-state index contributed by atoms with van der Waals surface area (Å²) in [6.45, 7) is 6.26. The molecule has 1 atom stereocenters. The first-order valence-electron chi connectivity index (χ1n) is 12.3. The number of nitrogens with one attached hydrogen (secondary N) is 2. The highest BCUT2D eigenvalue weighted by atomic mass is 19.4. The second kappa shape index (κ2) is 9.17. The lowest BCUT2D eigenvalue weighted by Crippen LogP contribution is -2.26. The summed E-state index contributed by atoms with van der Waals surface area (Å²) in [5.74, 6) is 0.672. The Morgan fingerprint density at radius 1 is 1.09 bits per heavy atom. The Labute approximate surface area is 198 Å². The van der Waals surface area contributed by atoms with Crippen LogP contribution < -0.4 is 5.32 Å². The van der Waals surface area contributed by atoms with E-state index in [0.29, 0.717) is 24.3 Å². The molecular formula is C27H31F3N4. The number of aliphatic imine (C=N–C) groups is 2. The molecule has 0 spiro atoms. The van der Waals surface area contributed by atoms with E-state index >= 15 is 0 Å². The number of nitrogens with zero attached hydrogens (tertiary/aromatic N) is 2. The average molecular weight is 469 g/mol. The maximum absolute atomic E-state index is 14.2. The number of halogens is 3. The Morgan fingerprint density at radius 2 is 1.88 bits per heavy atom. The molecule has 0 radical (unpaired) electrons. The van der Waals surface area contributed by atoms with Crippen LogP contribution in [0.15, 0.2) is 45.9 Å². The summed E-state index contributed by atoms with van der Waals surface area (Å²) < 4.78 is 42.5. The normalized spacial score (nSPS) is 25.2. The number of hydrogen-bond donors (Lipinski definition) is 2. The van der Waals surface area contributed by atoms with Crippen molar-refractivity contribution in [2.75, 3.05) is 13.1 Å². The van der Waals surface area contributed by atoms with E-state index in [-0.39, 0.29) is 24.1 Å². The van der Waals surface area contributed by atoms with Crippen LogP contribution in [0.25, 0.3) is 16.5 Å². The van der Waals surface area contributed by atoms with Crippen molar-refractivity contribution in [2.45, 2.75) is 70.0 Å². The first-order chi connectivity index (χ1) is 16.3. The number of hydrogen-bond acceptors (Lipinski definition) is 3. The summed E-state index contributed by atoms with van der Waals surface area (Å²) in [6, 6.07) is 6.37. The predicted molar refractivity (Wildman–Crippen MR) is 133 cm³/mol. The number of rotatable bonds is 3. The molecule has 0 saturated carbocycles. The van der Waals surface area contributed by atoms with E-state index in [1.165, 1.54) is 18.0 Å². The average Bonchev–Trinajstić information content (AvgIpc) is 3.21. The highest BCUT2D eigenvalue weighted by molar-refractivity contribution is 6.08. The lowest BCUT2D eigenvalue weighted by atomic mass is 9.88. The van der Waals surface area contributed by atoms with Crippen LogP contribution in [0.1, 0.15) is 74.6 Å². The van der Waals surface area contributed by atoms with Gasteiger partial charge < -0.3 is 10.3 Å². The van der Waals surface area contributed by atoms with Crippen molar-refractivity contribution in [2.24, 2.45) is 9.98 Å². The van der Waals surface area contributed by atoms with Crippen LogP contribution in [0.3, 0.4) is 0 Å². The Bertz CT molecular complexity index is 1190. The summed E-state index contributed by atoms with van der Waals surface area (Å²) in [4.78, 5) is 11.8. The van der Waals surface area contributed by atoms with Crippen molar-refractivity contribution in [1.29, 1.82) is 0 Å². The Morgan fingerprint density at radius 3 is 2.62 bits per heavy atom. The van der Waals surface area contributed by atoms with Crippen LogP contribution in [0, 0.1) is 0 Å². The zero-order valence-electron chi connectivity index (χ0n) is 19.7. The summed E-state index contributed by atoms with van der Waals surface area (Å²) >= 11 is 0. The largest absolute Gasteiger partial charge is 0.418 e. The highest BCUT2D eigenvalue weighted by Gasteiger charge is 2.39. The highest BCUT2D eigenvalue weighted by Crippen LogP contribution is 2.39. The number of benzene rings is 1. The van der Waals surface area contributed by atoms with Crippen molar-refractivity contribution in [1.82, 2.24) is 10.3 Å². The minimum Gasteiger partial charge on any atom is -0.354 e. The zero-order chi connectivity index (χ0) is 23.9. The molecular weight excluding hydrogens is 437 g/mol. The van der Waals surface area contributed by atoms with Gasteiger partial charge in [0.1, 0.15) is 6.34 Å². The lowest BCUT2D eigenvalue weighted by molar-refractivity contribution is -0.0861. The van der Waals surface area contributed by atoms with Crippen LogP contribution in [-0.4, -0.2) is 42.3 Å². The van der Waals surface area contributed by atoms with Gasteiger partial charge in [0.25, 0.3) is 0 Å². The third-order valence-electron chi connectivity index (χ3n) is 7.24. The minimum atomic E-state index is -4.48. The van der Waals surface area contributed by atoms with Gasteiger partial charge in [-0.05, 0) is 85.5 Å². The fourth-order valence-electron chi connectivity index (χ4n) is 5.50. The number of alkyl halides is 3. The van der Waals surface area contributed by atoms with E-state index in [9.17, 15) is 13.2 Å². The topological polar surface area (TPSA) is 52.5 Å². The zero-order valence-corrected chi connectivity index (χ0v) is 19.7. The third kappa shape index (κ3) is 4.50. The van der Waals surface area contributed by atoms with E-state index in [1.807, 2.05) is 6.08 Å². The van der Waals surface area contributed by atoms with Crippen molar-refractivity contribution < 1.29 is 13.2 Å². The molecule has 180 valence electrons. The summed E-state index contributed by atoms with van der Waals surface area (Å²) in [7, 11) is 0. The molecule has 7 heteroatoms. The van der Waals surface area contributed by atoms with Crippen LogP contribution in [-0.2, 0) is 0 Å². The van der Waals surface area contributed by atoms with E-state index in [2.05, 4.69) is 52.3 Å². The molecule has 3 heterocycles. The molecule has 1 saturated heterocycles. The summed E-state index contributed by atoms with van der Waals surface area (Å²) in [5, 5.41) is 4.53. The number of allylic oxidation sites excluding steroid dienone is 4. The molecule has 1 fully saturated rings. The van der Waals surface area contributed by atoms with Gasteiger partial charge in [0.2, 0.25) is 0 Å². The van der Waals surface area contributed by atoms with Crippen molar-refractivity contribution >= 4 is 28.5 Å². The fourth-order valence-corrected chi connectivity index (χ4v) is 5.50. The van der Waals surface area contributed by atoms with Gasteiger partial charge in [0.15, 0.2) is 0 Å². The van der Waals surface area contributed by atoms with Crippen molar-refractivity contribution in [3.63, 3.8) is 0 Å². The van der Waals surface area contributed by atoms with Crippen molar-refractivity contribution in [3.8, 4) is 0 Å². The Balaban J connectivity index is 1.65. The van der Waals surface area contributed by atoms with E-state index in [1.54, 1.807) is 0 Å². The minimum absolute atomic E-state index is 0.0794. The summed E-state index contributed by atoms with van der Waals surface area (Å²) in [5.41, 5.74) is 4.15. The third-order valence-corrected chi connectivity index (χ3v) is 7.24. The smallest absolute Gasteiger partial charge is 0.354 e.